The molecule has 0 heterocycles. The van der Waals surface area contributed by atoms with E-state index in [0.717, 1.165) is 12.1 Å². The summed E-state index contributed by atoms with van der Waals surface area (Å²) in [7, 11) is -9.48. The van der Waals surface area contributed by atoms with Crippen molar-refractivity contribution in [2.45, 2.75) is 4.90 Å². The number of Topliss-reactive ketones (excluding diaryl/α,β-unsaturated/α-hetero) is 1. The molecule has 0 amide bonds. The first kappa shape index (κ1) is 14.5. The van der Waals surface area contributed by atoms with Gasteiger partial charge in [0.05, 0.1) is 4.90 Å². The number of benzene rings is 1. The zero-order valence-electron chi connectivity index (χ0n) is 9.47. The molecule has 10 heteroatoms. The standard InChI is InChI=1S/C10H6O8S2/c11-8-4-9(20(16,17)18)7-3-5(19(13,14)15)1-2-6(7)10(8)12/h1-4H,(H,13,14,15)(H,16,17,18). The van der Waals surface area contributed by atoms with Gasteiger partial charge < -0.3 is 0 Å². The second-order valence-electron chi connectivity index (χ2n) is 3.86. The van der Waals surface area contributed by atoms with Crippen LogP contribution >= 0.6 is 0 Å². The van der Waals surface area contributed by atoms with Crippen LogP contribution in [0.4, 0.5) is 0 Å². The third-order valence-electron chi connectivity index (χ3n) is 2.56. The first-order valence-electron chi connectivity index (χ1n) is 4.91. The number of carbonyl (C=O) groups excluding carboxylic acids is 2. The summed E-state index contributed by atoms with van der Waals surface area (Å²) in [4.78, 5) is 21.3. The molecule has 0 radical (unpaired) electrons. The van der Waals surface area contributed by atoms with Crippen LogP contribution < -0.4 is 0 Å². The van der Waals surface area contributed by atoms with Gasteiger partial charge in [0.15, 0.2) is 0 Å². The number of allylic oxidation sites excluding steroid dienone is 1. The zero-order chi connectivity index (χ0) is 15.3. The monoisotopic (exact) mass is 318 g/mol. The molecule has 0 saturated carbocycles. The molecule has 0 aliphatic heterocycles. The van der Waals surface area contributed by atoms with Gasteiger partial charge in [0.25, 0.3) is 20.2 Å². The van der Waals surface area contributed by atoms with Crippen molar-refractivity contribution in [1.29, 1.82) is 0 Å². The van der Waals surface area contributed by atoms with Crippen LogP contribution in [0, 0.1) is 0 Å². The molecule has 0 fully saturated rings. The van der Waals surface area contributed by atoms with Crippen molar-refractivity contribution in [3.8, 4) is 0 Å². The van der Waals surface area contributed by atoms with Crippen LogP contribution in [-0.4, -0.2) is 37.5 Å². The molecule has 0 spiro atoms. The molecule has 1 aromatic carbocycles. The lowest BCUT2D eigenvalue weighted by molar-refractivity contribution is -0.111. The van der Waals surface area contributed by atoms with Gasteiger partial charge in [-0.05, 0) is 18.2 Å². The molecule has 1 aromatic rings. The van der Waals surface area contributed by atoms with Gasteiger partial charge in [-0.3, -0.25) is 18.7 Å². The van der Waals surface area contributed by atoms with E-state index >= 15 is 0 Å². The quantitative estimate of drug-likeness (QED) is 0.569. The van der Waals surface area contributed by atoms with Crippen LogP contribution in [0.1, 0.15) is 15.9 Å². The summed E-state index contributed by atoms with van der Waals surface area (Å²) in [6, 6.07) is 2.41. The van der Waals surface area contributed by atoms with E-state index in [1.54, 1.807) is 0 Å². The first-order chi connectivity index (χ1) is 9.01. The molecule has 1 aliphatic rings. The lowest BCUT2D eigenvalue weighted by Crippen LogP contribution is -2.21. The maximum atomic E-state index is 11.6. The summed E-state index contributed by atoms with van der Waals surface area (Å²) in [5.41, 5.74) is -0.843. The van der Waals surface area contributed by atoms with Crippen molar-refractivity contribution in [2.24, 2.45) is 0 Å². The number of fused-ring (bicyclic) bond motifs is 1. The Morgan fingerprint density at radius 1 is 0.850 bits per heavy atom. The Kier molecular flexibility index (Phi) is 3.13. The molecule has 0 aromatic heterocycles. The second kappa shape index (κ2) is 4.31. The average Bonchev–Trinajstić information content (AvgIpc) is 2.30. The van der Waals surface area contributed by atoms with E-state index < -0.39 is 47.2 Å². The van der Waals surface area contributed by atoms with Crippen LogP contribution in [0.5, 0.6) is 0 Å². The fourth-order valence-electron chi connectivity index (χ4n) is 1.69. The minimum atomic E-state index is -4.85. The van der Waals surface area contributed by atoms with E-state index in [-0.39, 0.29) is 5.56 Å². The third-order valence-corrected chi connectivity index (χ3v) is 4.31. The van der Waals surface area contributed by atoms with Crippen molar-refractivity contribution in [3.05, 3.63) is 35.4 Å². The fraction of sp³-hybridized carbons (Fsp3) is 0. The Labute approximate surface area is 113 Å². The predicted molar refractivity (Wildman–Crippen MR) is 65.1 cm³/mol. The first-order valence-corrected chi connectivity index (χ1v) is 7.79. The van der Waals surface area contributed by atoms with E-state index in [9.17, 15) is 26.4 Å². The van der Waals surface area contributed by atoms with Crippen molar-refractivity contribution in [2.75, 3.05) is 0 Å². The number of ketones is 2. The molecule has 2 rings (SSSR count). The highest BCUT2D eigenvalue weighted by molar-refractivity contribution is 7.95. The summed E-state index contributed by atoms with van der Waals surface area (Å²) in [5, 5.41) is 0. The van der Waals surface area contributed by atoms with E-state index in [0.29, 0.717) is 12.1 Å². The van der Waals surface area contributed by atoms with Gasteiger partial charge in [-0.2, -0.15) is 16.8 Å². The molecule has 0 unspecified atom stereocenters. The summed E-state index contributed by atoms with van der Waals surface area (Å²) in [6.07, 6.45) is 0.397. The number of carbonyl (C=O) groups is 2. The van der Waals surface area contributed by atoms with Gasteiger partial charge in [-0.25, -0.2) is 0 Å². The second-order valence-corrected chi connectivity index (χ2v) is 6.67. The molecule has 0 bridgehead atoms. The topological polar surface area (TPSA) is 143 Å². The van der Waals surface area contributed by atoms with E-state index in [4.69, 9.17) is 9.11 Å². The Morgan fingerprint density at radius 3 is 1.95 bits per heavy atom. The van der Waals surface area contributed by atoms with Crippen molar-refractivity contribution in [3.63, 3.8) is 0 Å². The maximum Gasteiger partial charge on any atom is 0.295 e. The molecule has 0 atom stereocenters. The van der Waals surface area contributed by atoms with Crippen LogP contribution in [0.2, 0.25) is 0 Å². The predicted octanol–water partition coefficient (Wildman–Crippen LogP) is -0.0726. The molecule has 1 aliphatic carbocycles. The van der Waals surface area contributed by atoms with Gasteiger partial charge in [-0.1, -0.05) is 0 Å². The minimum Gasteiger partial charge on any atom is -0.286 e. The van der Waals surface area contributed by atoms with Gasteiger partial charge in [-0.15, -0.1) is 0 Å². The molecule has 0 saturated heterocycles. The Hall–Kier alpha value is -1.88. The Morgan fingerprint density at radius 2 is 1.45 bits per heavy atom. The molecule has 2 N–H and O–H groups in total. The fourth-order valence-corrected chi connectivity index (χ4v) is 2.90. The summed E-state index contributed by atoms with van der Waals surface area (Å²) >= 11 is 0. The molecule has 8 nitrogen and oxygen atoms in total. The van der Waals surface area contributed by atoms with Crippen LogP contribution in [0.15, 0.2) is 29.2 Å². The smallest absolute Gasteiger partial charge is 0.286 e. The minimum absolute atomic E-state index is 0.377. The maximum absolute atomic E-state index is 11.6. The van der Waals surface area contributed by atoms with Crippen LogP contribution in [-0.2, 0) is 25.0 Å². The van der Waals surface area contributed by atoms with E-state index in [1.807, 2.05) is 0 Å². The lowest BCUT2D eigenvalue weighted by atomic mass is 9.95. The van der Waals surface area contributed by atoms with Crippen LogP contribution in [0.3, 0.4) is 0 Å². The number of rotatable bonds is 2. The van der Waals surface area contributed by atoms with Crippen molar-refractivity contribution in [1.82, 2.24) is 0 Å². The van der Waals surface area contributed by atoms with E-state index in [2.05, 4.69) is 0 Å². The van der Waals surface area contributed by atoms with Gasteiger partial charge in [0, 0.05) is 17.2 Å². The molecule has 20 heavy (non-hydrogen) atoms. The molecular weight excluding hydrogens is 312 g/mol. The summed E-state index contributed by atoms with van der Waals surface area (Å²) in [5.74, 6) is -2.21. The lowest BCUT2D eigenvalue weighted by Gasteiger charge is -2.14. The largest absolute Gasteiger partial charge is 0.295 e. The highest BCUT2D eigenvalue weighted by Gasteiger charge is 2.32. The highest BCUT2D eigenvalue weighted by atomic mass is 32.2. The van der Waals surface area contributed by atoms with Gasteiger partial charge in [0.1, 0.15) is 4.91 Å². The zero-order valence-corrected chi connectivity index (χ0v) is 11.1. The number of hydrogen-bond acceptors (Lipinski definition) is 6. The molecule has 106 valence electrons. The highest BCUT2D eigenvalue weighted by Crippen LogP contribution is 2.30. The molecular formula is C10H6O8S2. The SMILES string of the molecule is O=C1C=C(S(=O)(=O)O)c2cc(S(=O)(=O)O)ccc2C1=O. The van der Waals surface area contributed by atoms with Gasteiger partial charge >= 0.3 is 0 Å². The van der Waals surface area contributed by atoms with E-state index in [1.165, 1.54) is 0 Å². The number of hydrogen-bond donors (Lipinski definition) is 2. The van der Waals surface area contributed by atoms with Crippen molar-refractivity contribution >= 4 is 36.7 Å². The summed E-state index contributed by atoms with van der Waals surface area (Å²) < 4.78 is 62.2. The van der Waals surface area contributed by atoms with Crippen LogP contribution in [0.25, 0.3) is 4.91 Å². The van der Waals surface area contributed by atoms with Gasteiger partial charge in [0.2, 0.25) is 11.6 Å². The average molecular weight is 318 g/mol. The third kappa shape index (κ3) is 2.41. The van der Waals surface area contributed by atoms with Crippen molar-refractivity contribution < 1.29 is 35.5 Å². The Bertz CT molecular complexity index is 874. The Balaban J connectivity index is 2.85. The normalized spacial score (nSPS) is 15.8. The summed E-state index contributed by atoms with van der Waals surface area (Å²) in [6.45, 7) is 0.